The highest BCUT2D eigenvalue weighted by Crippen LogP contribution is 2.20. The van der Waals surface area contributed by atoms with Crippen LogP contribution in [0, 0.1) is 6.92 Å². The number of rotatable bonds is 0. The molecule has 0 spiro atoms. The topological polar surface area (TPSA) is 43.6 Å². The first-order valence-corrected chi connectivity index (χ1v) is 4.20. The van der Waals surface area contributed by atoms with Gasteiger partial charge in [0, 0.05) is 6.54 Å². The lowest BCUT2D eigenvalue weighted by molar-refractivity contribution is 0.853. The van der Waals surface area contributed by atoms with Crippen molar-refractivity contribution in [1.82, 2.24) is 19.5 Å². The predicted molar refractivity (Wildman–Crippen MR) is 49.1 cm³/mol. The molecule has 0 radical (unpaired) electrons. The Bertz CT molecular complexity index is 510. The van der Waals surface area contributed by atoms with Gasteiger partial charge < -0.3 is 4.57 Å². The Kier molecular flexibility index (Phi) is 1.12. The van der Waals surface area contributed by atoms with Gasteiger partial charge in [0.2, 0.25) is 0 Å². The third-order valence-electron chi connectivity index (χ3n) is 2.30. The maximum absolute atomic E-state index is 4.44. The molecule has 0 aliphatic carbocycles. The first-order chi connectivity index (χ1) is 6.36. The minimum Gasteiger partial charge on any atom is -0.305 e. The monoisotopic (exact) mass is 172 g/mol. The number of aryl methyl sites for hydroxylation is 1. The van der Waals surface area contributed by atoms with Crippen molar-refractivity contribution < 1.29 is 0 Å². The lowest BCUT2D eigenvalue weighted by Gasteiger charge is -1.96. The number of allylic oxidation sites excluding steroid dienone is 1. The zero-order chi connectivity index (χ0) is 8.84. The Morgan fingerprint density at radius 3 is 3.23 bits per heavy atom. The fourth-order valence-electron chi connectivity index (χ4n) is 1.64. The molecule has 13 heavy (non-hydrogen) atoms. The first-order valence-electron chi connectivity index (χ1n) is 4.20. The number of hydrogen-bond donors (Lipinski definition) is 0. The van der Waals surface area contributed by atoms with Crippen molar-refractivity contribution in [3.05, 3.63) is 23.9 Å². The molecule has 0 bridgehead atoms. The summed E-state index contributed by atoms with van der Waals surface area (Å²) in [5, 5.41) is 0. The molecule has 2 aromatic heterocycles. The van der Waals surface area contributed by atoms with Crippen LogP contribution in [0.5, 0.6) is 0 Å². The summed E-state index contributed by atoms with van der Waals surface area (Å²) in [4.78, 5) is 12.8. The third-order valence-corrected chi connectivity index (χ3v) is 2.30. The zero-order valence-electron chi connectivity index (χ0n) is 7.23. The van der Waals surface area contributed by atoms with Gasteiger partial charge in [0.15, 0.2) is 5.65 Å². The molecule has 1 aliphatic rings. The SMILES string of the molecule is Cc1ncnc2c1nc1n2CC=C1. The van der Waals surface area contributed by atoms with Crippen LogP contribution < -0.4 is 0 Å². The van der Waals surface area contributed by atoms with Crippen LogP contribution in [0.4, 0.5) is 0 Å². The molecule has 0 N–H and O–H groups in total. The van der Waals surface area contributed by atoms with E-state index in [0.29, 0.717) is 0 Å². The fraction of sp³-hybridized carbons (Fsp3) is 0.222. The molecule has 3 rings (SSSR count). The predicted octanol–water partition coefficient (Wildman–Crippen LogP) is 1.16. The summed E-state index contributed by atoms with van der Waals surface area (Å²) in [6.07, 6.45) is 5.69. The van der Waals surface area contributed by atoms with E-state index in [1.54, 1.807) is 6.33 Å². The quantitative estimate of drug-likeness (QED) is 0.599. The lowest BCUT2D eigenvalue weighted by Crippen LogP contribution is -1.94. The molecule has 1 aliphatic heterocycles. The Balaban J connectivity index is 2.49. The second-order valence-corrected chi connectivity index (χ2v) is 3.11. The van der Waals surface area contributed by atoms with Gasteiger partial charge in [-0.1, -0.05) is 6.08 Å². The lowest BCUT2D eigenvalue weighted by atomic mass is 10.4. The van der Waals surface area contributed by atoms with E-state index in [9.17, 15) is 0 Å². The third kappa shape index (κ3) is 0.771. The number of imidazole rings is 1. The van der Waals surface area contributed by atoms with Gasteiger partial charge in [0.1, 0.15) is 17.7 Å². The summed E-state index contributed by atoms with van der Waals surface area (Å²) in [6.45, 7) is 2.83. The van der Waals surface area contributed by atoms with Gasteiger partial charge in [-0.15, -0.1) is 0 Å². The van der Waals surface area contributed by atoms with Gasteiger partial charge in [0.25, 0.3) is 0 Å². The molecule has 0 atom stereocenters. The van der Waals surface area contributed by atoms with E-state index >= 15 is 0 Å². The summed E-state index contributed by atoms with van der Waals surface area (Å²) in [7, 11) is 0. The summed E-state index contributed by atoms with van der Waals surface area (Å²) >= 11 is 0. The number of fused-ring (bicyclic) bond motifs is 3. The van der Waals surface area contributed by atoms with Crippen LogP contribution >= 0.6 is 0 Å². The highest BCUT2D eigenvalue weighted by atomic mass is 15.1. The van der Waals surface area contributed by atoms with Gasteiger partial charge >= 0.3 is 0 Å². The molecule has 2 aromatic rings. The molecule has 0 amide bonds. The Labute approximate surface area is 75.0 Å². The molecule has 0 saturated heterocycles. The van der Waals surface area contributed by atoms with Crippen molar-refractivity contribution >= 4 is 17.2 Å². The Morgan fingerprint density at radius 2 is 2.31 bits per heavy atom. The molecule has 64 valence electrons. The summed E-state index contributed by atoms with van der Waals surface area (Å²) in [5.41, 5.74) is 2.80. The largest absolute Gasteiger partial charge is 0.305 e. The van der Waals surface area contributed by atoms with Gasteiger partial charge in [-0.3, -0.25) is 0 Å². The second kappa shape index (κ2) is 2.16. The van der Waals surface area contributed by atoms with E-state index in [1.165, 1.54) is 0 Å². The van der Waals surface area contributed by atoms with Crippen molar-refractivity contribution in [2.45, 2.75) is 13.5 Å². The molecular weight excluding hydrogens is 164 g/mol. The average Bonchev–Trinajstić information content (AvgIpc) is 2.65. The standard InChI is InChI=1S/C9H8N4/c1-6-8-9(11-5-10-6)13-4-2-3-7(13)12-8/h2-3,5H,4H2,1H3. The first kappa shape index (κ1) is 6.77. The van der Waals surface area contributed by atoms with E-state index in [0.717, 1.165) is 29.2 Å². The number of hydrogen-bond acceptors (Lipinski definition) is 3. The van der Waals surface area contributed by atoms with E-state index in [4.69, 9.17) is 0 Å². The minimum atomic E-state index is 0.877. The maximum atomic E-state index is 4.44. The van der Waals surface area contributed by atoms with Gasteiger partial charge in [-0.05, 0) is 13.0 Å². The van der Waals surface area contributed by atoms with Crippen LogP contribution in [0.3, 0.4) is 0 Å². The van der Waals surface area contributed by atoms with Gasteiger partial charge in [-0.2, -0.15) is 0 Å². The maximum Gasteiger partial charge on any atom is 0.164 e. The Morgan fingerprint density at radius 1 is 1.38 bits per heavy atom. The second-order valence-electron chi connectivity index (χ2n) is 3.11. The number of nitrogens with zero attached hydrogens (tertiary/aromatic N) is 4. The summed E-state index contributed by atoms with van der Waals surface area (Å²) < 4.78 is 2.09. The van der Waals surface area contributed by atoms with E-state index in [2.05, 4.69) is 25.6 Å². The van der Waals surface area contributed by atoms with Crippen LogP contribution in [0.15, 0.2) is 12.4 Å². The Hall–Kier alpha value is -1.71. The van der Waals surface area contributed by atoms with Gasteiger partial charge in [0.05, 0.1) is 5.69 Å². The summed E-state index contributed by atoms with van der Waals surface area (Å²) in [6, 6.07) is 0. The molecule has 4 nitrogen and oxygen atoms in total. The van der Waals surface area contributed by atoms with Crippen molar-refractivity contribution in [3.8, 4) is 0 Å². The minimum absolute atomic E-state index is 0.877. The molecule has 0 saturated carbocycles. The van der Waals surface area contributed by atoms with Gasteiger partial charge in [-0.25, -0.2) is 15.0 Å². The molecular formula is C9H8N4. The highest BCUT2D eigenvalue weighted by molar-refractivity contribution is 5.76. The molecule has 0 aromatic carbocycles. The molecule has 0 unspecified atom stereocenters. The van der Waals surface area contributed by atoms with Crippen molar-refractivity contribution in [1.29, 1.82) is 0 Å². The zero-order valence-corrected chi connectivity index (χ0v) is 7.23. The highest BCUT2D eigenvalue weighted by Gasteiger charge is 2.13. The fourth-order valence-corrected chi connectivity index (χ4v) is 1.64. The van der Waals surface area contributed by atoms with E-state index in [1.807, 2.05) is 13.0 Å². The summed E-state index contributed by atoms with van der Waals surface area (Å²) in [5.74, 6) is 0.985. The number of aromatic nitrogens is 4. The average molecular weight is 172 g/mol. The van der Waals surface area contributed by atoms with E-state index in [-0.39, 0.29) is 0 Å². The van der Waals surface area contributed by atoms with Crippen molar-refractivity contribution in [2.75, 3.05) is 0 Å². The van der Waals surface area contributed by atoms with Crippen LogP contribution in [0.25, 0.3) is 17.2 Å². The van der Waals surface area contributed by atoms with Crippen LogP contribution in [0.1, 0.15) is 11.5 Å². The molecule has 3 heterocycles. The smallest absolute Gasteiger partial charge is 0.164 e. The van der Waals surface area contributed by atoms with Crippen LogP contribution in [0.2, 0.25) is 0 Å². The molecule has 4 heteroatoms. The van der Waals surface area contributed by atoms with E-state index < -0.39 is 0 Å². The molecule has 0 fully saturated rings. The van der Waals surface area contributed by atoms with Crippen LogP contribution in [-0.2, 0) is 6.54 Å². The van der Waals surface area contributed by atoms with Crippen LogP contribution in [-0.4, -0.2) is 19.5 Å². The van der Waals surface area contributed by atoms with Crippen molar-refractivity contribution in [3.63, 3.8) is 0 Å². The van der Waals surface area contributed by atoms with Crippen molar-refractivity contribution in [2.24, 2.45) is 0 Å². The normalized spacial score (nSPS) is 13.9.